The lowest BCUT2D eigenvalue weighted by Crippen LogP contribution is -2.20. The van der Waals surface area contributed by atoms with Crippen molar-refractivity contribution in [3.63, 3.8) is 0 Å². The molecular weight excluding hydrogens is 348 g/mol. The standard InChI is InChI=1S/C25H48O3/c1-2-3-4-5-6-7-8-9-10-11-12-13-14-15-16-20-23-27-28-25(26)24-21-18-17-19-22-24/h24H,2-23H2,1H3. The quantitative estimate of drug-likeness (QED) is 0.125. The molecule has 0 aliphatic heterocycles. The minimum absolute atomic E-state index is 0.0829. The zero-order valence-corrected chi connectivity index (χ0v) is 18.9. The Labute approximate surface area is 175 Å². The first-order valence-electron chi connectivity index (χ1n) is 12.7. The first-order valence-corrected chi connectivity index (χ1v) is 12.7. The normalized spacial score (nSPS) is 15.0. The molecule has 1 aliphatic carbocycles. The summed E-state index contributed by atoms with van der Waals surface area (Å²) in [7, 11) is 0. The van der Waals surface area contributed by atoms with Gasteiger partial charge in [0.25, 0.3) is 0 Å². The van der Waals surface area contributed by atoms with Gasteiger partial charge in [-0.1, -0.05) is 122 Å². The second-order valence-corrected chi connectivity index (χ2v) is 8.86. The van der Waals surface area contributed by atoms with E-state index in [4.69, 9.17) is 9.78 Å². The van der Waals surface area contributed by atoms with Crippen LogP contribution in [0, 0.1) is 5.92 Å². The second-order valence-electron chi connectivity index (χ2n) is 8.86. The molecule has 166 valence electrons. The van der Waals surface area contributed by atoms with E-state index in [1.807, 2.05) is 0 Å². The summed E-state index contributed by atoms with van der Waals surface area (Å²) in [5.74, 6) is -0.0595. The molecule has 1 aliphatic rings. The SMILES string of the molecule is CCCCCCCCCCCCCCCCCCOOC(=O)C1CCCCC1. The molecule has 28 heavy (non-hydrogen) atoms. The van der Waals surface area contributed by atoms with Gasteiger partial charge < -0.3 is 0 Å². The Morgan fingerprint density at radius 3 is 1.54 bits per heavy atom. The van der Waals surface area contributed by atoms with Crippen LogP contribution in [0.1, 0.15) is 142 Å². The van der Waals surface area contributed by atoms with Crippen molar-refractivity contribution >= 4 is 5.97 Å². The molecule has 0 radical (unpaired) electrons. The molecule has 0 aromatic rings. The summed E-state index contributed by atoms with van der Waals surface area (Å²) in [6.45, 7) is 2.84. The van der Waals surface area contributed by atoms with Crippen LogP contribution in [0.3, 0.4) is 0 Å². The number of carbonyl (C=O) groups excluding carboxylic acids is 1. The number of hydrogen-bond acceptors (Lipinski definition) is 3. The highest BCUT2D eigenvalue weighted by molar-refractivity contribution is 5.71. The fourth-order valence-corrected chi connectivity index (χ4v) is 4.22. The third-order valence-electron chi connectivity index (χ3n) is 6.16. The van der Waals surface area contributed by atoms with E-state index >= 15 is 0 Å². The Hall–Kier alpha value is -0.570. The summed E-state index contributed by atoms with van der Waals surface area (Å²) in [6, 6.07) is 0. The summed E-state index contributed by atoms with van der Waals surface area (Å²) in [6.07, 6.45) is 27.3. The topological polar surface area (TPSA) is 35.5 Å². The summed E-state index contributed by atoms with van der Waals surface area (Å²) < 4.78 is 0. The van der Waals surface area contributed by atoms with E-state index in [0.717, 1.165) is 32.1 Å². The maximum absolute atomic E-state index is 11.8. The molecule has 0 spiro atoms. The number of rotatable bonds is 19. The summed E-state index contributed by atoms with van der Waals surface area (Å²) in [5.41, 5.74) is 0. The predicted octanol–water partition coefficient (Wildman–Crippen LogP) is 8.30. The smallest absolute Gasteiger partial charge is 0.298 e. The van der Waals surface area contributed by atoms with E-state index in [9.17, 15) is 4.79 Å². The van der Waals surface area contributed by atoms with Gasteiger partial charge in [0, 0.05) is 0 Å². The Morgan fingerprint density at radius 1 is 0.643 bits per heavy atom. The van der Waals surface area contributed by atoms with Crippen LogP contribution in [0.2, 0.25) is 0 Å². The van der Waals surface area contributed by atoms with Crippen molar-refractivity contribution in [2.45, 2.75) is 142 Å². The maximum atomic E-state index is 11.8. The molecule has 3 nitrogen and oxygen atoms in total. The Morgan fingerprint density at radius 2 is 1.07 bits per heavy atom. The molecule has 1 fully saturated rings. The molecule has 3 heteroatoms. The van der Waals surface area contributed by atoms with Gasteiger partial charge in [-0.25, -0.2) is 4.79 Å². The van der Waals surface area contributed by atoms with E-state index in [-0.39, 0.29) is 11.9 Å². The van der Waals surface area contributed by atoms with Gasteiger partial charge in [0.1, 0.15) is 0 Å². The van der Waals surface area contributed by atoms with Crippen LogP contribution < -0.4 is 0 Å². The molecule has 0 atom stereocenters. The molecule has 0 aromatic carbocycles. The number of hydrogen-bond donors (Lipinski definition) is 0. The van der Waals surface area contributed by atoms with Crippen molar-refractivity contribution in [1.82, 2.24) is 0 Å². The average Bonchev–Trinajstić information content (AvgIpc) is 2.73. The zero-order valence-electron chi connectivity index (χ0n) is 18.9. The van der Waals surface area contributed by atoms with Crippen LogP contribution in [0.15, 0.2) is 0 Å². The van der Waals surface area contributed by atoms with Crippen molar-refractivity contribution < 1.29 is 14.6 Å². The third-order valence-corrected chi connectivity index (χ3v) is 6.16. The highest BCUT2D eigenvalue weighted by Crippen LogP contribution is 2.24. The van der Waals surface area contributed by atoms with Crippen LogP contribution in [0.4, 0.5) is 0 Å². The monoisotopic (exact) mass is 396 g/mol. The van der Waals surface area contributed by atoms with E-state index in [2.05, 4.69) is 6.92 Å². The van der Waals surface area contributed by atoms with Gasteiger partial charge in [0.05, 0.1) is 12.5 Å². The van der Waals surface area contributed by atoms with E-state index < -0.39 is 0 Å². The third kappa shape index (κ3) is 15.4. The maximum Gasteiger partial charge on any atom is 0.345 e. The minimum atomic E-state index is -0.142. The van der Waals surface area contributed by atoms with Gasteiger partial charge in [-0.3, -0.25) is 4.89 Å². The number of unbranched alkanes of at least 4 members (excludes halogenated alkanes) is 15. The van der Waals surface area contributed by atoms with Crippen molar-refractivity contribution in [2.24, 2.45) is 5.92 Å². The van der Waals surface area contributed by atoms with Gasteiger partial charge in [-0.2, -0.15) is 4.89 Å². The van der Waals surface area contributed by atoms with Crippen molar-refractivity contribution in [1.29, 1.82) is 0 Å². The van der Waals surface area contributed by atoms with Crippen LogP contribution in [-0.2, 0) is 14.6 Å². The van der Waals surface area contributed by atoms with Crippen molar-refractivity contribution in [3.8, 4) is 0 Å². The highest BCUT2D eigenvalue weighted by atomic mass is 17.2. The molecule has 1 rings (SSSR count). The fraction of sp³-hybridized carbons (Fsp3) is 0.960. The summed E-state index contributed by atoms with van der Waals surface area (Å²) in [5, 5.41) is 0. The average molecular weight is 397 g/mol. The summed E-state index contributed by atoms with van der Waals surface area (Å²) >= 11 is 0. The first kappa shape index (κ1) is 25.5. The lowest BCUT2D eigenvalue weighted by molar-refractivity contribution is -0.277. The lowest BCUT2D eigenvalue weighted by atomic mass is 9.89. The van der Waals surface area contributed by atoms with Gasteiger partial charge in [-0.05, 0) is 19.3 Å². The fourth-order valence-electron chi connectivity index (χ4n) is 4.22. The van der Waals surface area contributed by atoms with E-state index in [1.165, 1.54) is 103 Å². The Kier molecular flexibility index (Phi) is 17.9. The molecule has 0 N–H and O–H groups in total. The predicted molar refractivity (Wildman–Crippen MR) is 118 cm³/mol. The molecule has 1 saturated carbocycles. The van der Waals surface area contributed by atoms with Gasteiger partial charge in [0.2, 0.25) is 0 Å². The van der Waals surface area contributed by atoms with Gasteiger partial charge >= 0.3 is 5.97 Å². The van der Waals surface area contributed by atoms with Crippen LogP contribution >= 0.6 is 0 Å². The largest absolute Gasteiger partial charge is 0.345 e. The van der Waals surface area contributed by atoms with Crippen LogP contribution in [0.5, 0.6) is 0 Å². The lowest BCUT2D eigenvalue weighted by Gasteiger charge is -2.18. The Bertz CT molecular complexity index is 337. The van der Waals surface area contributed by atoms with Gasteiger partial charge in [0.15, 0.2) is 0 Å². The van der Waals surface area contributed by atoms with Crippen LogP contribution in [0.25, 0.3) is 0 Å². The molecule has 0 bridgehead atoms. The molecule has 0 aromatic heterocycles. The number of carbonyl (C=O) groups is 1. The first-order chi connectivity index (χ1) is 13.8. The molecule has 0 heterocycles. The summed E-state index contributed by atoms with van der Waals surface area (Å²) in [4.78, 5) is 21.9. The Balaban J connectivity index is 1.70. The molecule has 0 unspecified atom stereocenters. The van der Waals surface area contributed by atoms with Crippen molar-refractivity contribution in [2.75, 3.05) is 6.61 Å². The minimum Gasteiger partial charge on any atom is -0.298 e. The van der Waals surface area contributed by atoms with E-state index in [0.29, 0.717) is 6.61 Å². The van der Waals surface area contributed by atoms with Gasteiger partial charge in [-0.15, -0.1) is 0 Å². The zero-order chi connectivity index (χ0) is 20.1. The van der Waals surface area contributed by atoms with Crippen molar-refractivity contribution in [3.05, 3.63) is 0 Å². The second kappa shape index (κ2) is 19.7. The molecule has 0 saturated heterocycles. The van der Waals surface area contributed by atoms with E-state index in [1.54, 1.807) is 0 Å². The molecular formula is C25H48O3. The highest BCUT2D eigenvalue weighted by Gasteiger charge is 2.23. The molecule has 0 amide bonds. The van der Waals surface area contributed by atoms with Crippen LogP contribution in [-0.4, -0.2) is 12.6 Å².